The smallest absolute Gasteiger partial charge is 0.257 e. The van der Waals surface area contributed by atoms with Crippen LogP contribution in [0.2, 0.25) is 0 Å². The molecule has 2 rings (SSSR count). The van der Waals surface area contributed by atoms with Crippen LogP contribution in [0.25, 0.3) is 0 Å². The van der Waals surface area contributed by atoms with E-state index in [4.69, 9.17) is 15.7 Å². The van der Waals surface area contributed by atoms with Crippen molar-refractivity contribution in [3.8, 4) is 11.8 Å². The van der Waals surface area contributed by atoms with E-state index >= 15 is 0 Å². The summed E-state index contributed by atoms with van der Waals surface area (Å²) in [6, 6.07) is 10.1. The Kier molecular flexibility index (Phi) is 4.05. The van der Waals surface area contributed by atoms with Crippen LogP contribution < -0.4 is 15.8 Å². The molecule has 0 spiro atoms. The van der Waals surface area contributed by atoms with Crippen LogP contribution in [0.4, 0.5) is 15.8 Å². The standard InChI is InChI=1S/C15H12FN3O2/c1-21-11-3-5-14(18)12(7-11)15(20)19-10-2-4-13(16)9(6-10)8-17/h2-7H,18H2,1H3,(H,19,20). The molecule has 2 aromatic carbocycles. The van der Waals surface area contributed by atoms with Crippen molar-refractivity contribution in [3.63, 3.8) is 0 Å². The van der Waals surface area contributed by atoms with E-state index < -0.39 is 11.7 Å². The van der Waals surface area contributed by atoms with Gasteiger partial charge in [0.1, 0.15) is 17.6 Å². The Morgan fingerprint density at radius 3 is 2.76 bits per heavy atom. The number of rotatable bonds is 3. The number of methoxy groups -OCH3 is 1. The van der Waals surface area contributed by atoms with E-state index in [0.29, 0.717) is 11.4 Å². The number of anilines is 2. The van der Waals surface area contributed by atoms with Crippen LogP contribution in [0.5, 0.6) is 5.75 Å². The van der Waals surface area contributed by atoms with Crippen molar-refractivity contribution in [1.82, 2.24) is 0 Å². The predicted octanol–water partition coefficient (Wildman–Crippen LogP) is 2.54. The average molecular weight is 285 g/mol. The van der Waals surface area contributed by atoms with Crippen molar-refractivity contribution in [3.05, 3.63) is 53.3 Å². The zero-order valence-corrected chi connectivity index (χ0v) is 11.2. The number of carbonyl (C=O) groups is 1. The fourth-order valence-corrected chi connectivity index (χ4v) is 1.75. The number of nitrogens with one attached hydrogen (secondary N) is 1. The molecule has 1 amide bonds. The lowest BCUT2D eigenvalue weighted by Gasteiger charge is -2.09. The molecule has 0 bridgehead atoms. The number of carbonyl (C=O) groups excluding carboxylic acids is 1. The molecule has 0 heterocycles. The Morgan fingerprint density at radius 2 is 2.10 bits per heavy atom. The number of amides is 1. The van der Waals surface area contributed by atoms with Gasteiger partial charge in [-0.05, 0) is 36.4 Å². The van der Waals surface area contributed by atoms with Gasteiger partial charge in [0.15, 0.2) is 0 Å². The molecule has 0 aliphatic carbocycles. The third kappa shape index (κ3) is 3.09. The molecule has 0 atom stereocenters. The monoisotopic (exact) mass is 285 g/mol. The minimum atomic E-state index is -0.642. The molecule has 6 heteroatoms. The maximum atomic E-state index is 13.2. The van der Waals surface area contributed by atoms with Crippen LogP contribution in [-0.4, -0.2) is 13.0 Å². The van der Waals surface area contributed by atoms with Crippen LogP contribution in [-0.2, 0) is 0 Å². The van der Waals surface area contributed by atoms with Crippen molar-refractivity contribution < 1.29 is 13.9 Å². The van der Waals surface area contributed by atoms with Gasteiger partial charge in [-0.2, -0.15) is 5.26 Å². The van der Waals surface area contributed by atoms with Crippen molar-refractivity contribution in [1.29, 1.82) is 5.26 Å². The molecular weight excluding hydrogens is 273 g/mol. The second-order valence-corrected chi connectivity index (χ2v) is 4.21. The summed E-state index contributed by atoms with van der Waals surface area (Å²) in [7, 11) is 1.48. The summed E-state index contributed by atoms with van der Waals surface area (Å²) in [4.78, 5) is 12.2. The van der Waals surface area contributed by atoms with Gasteiger partial charge < -0.3 is 15.8 Å². The van der Waals surface area contributed by atoms with Crippen LogP contribution >= 0.6 is 0 Å². The van der Waals surface area contributed by atoms with E-state index in [2.05, 4.69) is 5.32 Å². The van der Waals surface area contributed by atoms with Gasteiger partial charge >= 0.3 is 0 Å². The molecule has 0 fully saturated rings. The highest BCUT2D eigenvalue weighted by Crippen LogP contribution is 2.21. The summed E-state index contributed by atoms with van der Waals surface area (Å²) in [6.07, 6.45) is 0. The minimum absolute atomic E-state index is 0.147. The Hall–Kier alpha value is -3.07. The molecule has 3 N–H and O–H groups in total. The SMILES string of the molecule is COc1ccc(N)c(C(=O)Nc2ccc(F)c(C#N)c2)c1. The fourth-order valence-electron chi connectivity index (χ4n) is 1.75. The number of ether oxygens (including phenoxy) is 1. The normalized spacial score (nSPS) is 9.76. The maximum absolute atomic E-state index is 13.2. The zero-order chi connectivity index (χ0) is 15.4. The second-order valence-electron chi connectivity index (χ2n) is 4.21. The summed E-state index contributed by atoms with van der Waals surface area (Å²) in [5.41, 5.74) is 6.43. The molecule has 0 aliphatic heterocycles. The number of hydrogen-bond acceptors (Lipinski definition) is 4. The number of halogens is 1. The van der Waals surface area contributed by atoms with E-state index in [-0.39, 0.29) is 16.8 Å². The van der Waals surface area contributed by atoms with Crippen LogP contribution in [0.3, 0.4) is 0 Å². The first-order valence-electron chi connectivity index (χ1n) is 5.99. The molecule has 0 aliphatic rings. The molecule has 0 aromatic heterocycles. The molecule has 0 saturated heterocycles. The quantitative estimate of drug-likeness (QED) is 0.848. The van der Waals surface area contributed by atoms with Gasteiger partial charge in [-0.25, -0.2) is 4.39 Å². The molecule has 5 nitrogen and oxygen atoms in total. The van der Waals surface area contributed by atoms with Crippen molar-refractivity contribution in [2.45, 2.75) is 0 Å². The van der Waals surface area contributed by atoms with E-state index in [1.807, 2.05) is 0 Å². The van der Waals surface area contributed by atoms with E-state index in [1.54, 1.807) is 18.2 Å². The lowest BCUT2D eigenvalue weighted by atomic mass is 10.1. The average Bonchev–Trinajstić information content (AvgIpc) is 2.49. The minimum Gasteiger partial charge on any atom is -0.497 e. The molecule has 21 heavy (non-hydrogen) atoms. The van der Waals surface area contributed by atoms with Gasteiger partial charge in [0.05, 0.1) is 18.2 Å². The highest BCUT2D eigenvalue weighted by atomic mass is 19.1. The summed E-state index contributed by atoms with van der Waals surface area (Å²) in [5, 5.41) is 11.3. The highest BCUT2D eigenvalue weighted by molar-refractivity contribution is 6.08. The predicted molar refractivity (Wildman–Crippen MR) is 76.5 cm³/mol. The first-order chi connectivity index (χ1) is 10.0. The summed E-state index contributed by atoms with van der Waals surface area (Å²) < 4.78 is 18.3. The van der Waals surface area contributed by atoms with Gasteiger partial charge in [-0.1, -0.05) is 0 Å². The third-order valence-corrected chi connectivity index (χ3v) is 2.85. The van der Waals surface area contributed by atoms with E-state index in [9.17, 15) is 9.18 Å². The number of benzene rings is 2. The first kappa shape index (κ1) is 14.3. The summed E-state index contributed by atoms with van der Waals surface area (Å²) in [6.45, 7) is 0. The topological polar surface area (TPSA) is 88.1 Å². The lowest BCUT2D eigenvalue weighted by Crippen LogP contribution is -2.14. The Bertz CT molecular complexity index is 738. The molecule has 0 saturated carbocycles. The van der Waals surface area contributed by atoms with E-state index in [1.165, 1.54) is 25.3 Å². The van der Waals surface area contributed by atoms with Gasteiger partial charge in [0.25, 0.3) is 5.91 Å². The molecular formula is C15H12FN3O2. The fraction of sp³-hybridized carbons (Fsp3) is 0.0667. The van der Waals surface area contributed by atoms with Crippen molar-refractivity contribution >= 4 is 17.3 Å². The summed E-state index contributed by atoms with van der Waals surface area (Å²) in [5.74, 6) is -0.621. The van der Waals surface area contributed by atoms with Crippen molar-refractivity contribution in [2.75, 3.05) is 18.2 Å². The van der Waals surface area contributed by atoms with Crippen molar-refractivity contribution in [2.24, 2.45) is 0 Å². The van der Waals surface area contributed by atoms with Crippen LogP contribution in [0.15, 0.2) is 36.4 Å². The Labute approximate surface area is 120 Å². The number of nitrogens with zero attached hydrogens (tertiary/aromatic N) is 1. The largest absolute Gasteiger partial charge is 0.497 e. The Morgan fingerprint density at radius 1 is 1.33 bits per heavy atom. The number of hydrogen-bond donors (Lipinski definition) is 2. The first-order valence-corrected chi connectivity index (χ1v) is 5.99. The van der Waals surface area contributed by atoms with Gasteiger partial charge in [-0.3, -0.25) is 4.79 Å². The highest BCUT2D eigenvalue weighted by Gasteiger charge is 2.12. The number of nitrogen functional groups attached to an aromatic ring is 1. The third-order valence-electron chi connectivity index (χ3n) is 2.85. The molecule has 2 aromatic rings. The van der Waals surface area contributed by atoms with Gasteiger partial charge in [-0.15, -0.1) is 0 Å². The van der Waals surface area contributed by atoms with Crippen LogP contribution in [0.1, 0.15) is 15.9 Å². The van der Waals surface area contributed by atoms with Crippen LogP contribution in [0, 0.1) is 17.1 Å². The second kappa shape index (κ2) is 5.92. The zero-order valence-electron chi connectivity index (χ0n) is 11.2. The lowest BCUT2D eigenvalue weighted by molar-refractivity contribution is 0.102. The molecule has 106 valence electrons. The molecule has 0 unspecified atom stereocenters. The Balaban J connectivity index is 2.28. The van der Waals surface area contributed by atoms with Gasteiger partial charge in [0, 0.05) is 11.4 Å². The van der Waals surface area contributed by atoms with E-state index in [0.717, 1.165) is 6.07 Å². The number of nitrogens with two attached hydrogens (primary N) is 1. The van der Waals surface area contributed by atoms with Gasteiger partial charge in [0.2, 0.25) is 0 Å². The maximum Gasteiger partial charge on any atom is 0.257 e. The molecule has 0 radical (unpaired) electrons. The summed E-state index contributed by atoms with van der Waals surface area (Å²) >= 11 is 0. The number of nitriles is 1.